The molecule has 2 saturated heterocycles. The molecular formula is C12H22O35S8. The van der Waals surface area contributed by atoms with Gasteiger partial charge in [-0.05, 0) is 0 Å². The van der Waals surface area contributed by atoms with E-state index >= 15 is 0 Å². The Morgan fingerprint density at radius 1 is 0.418 bits per heavy atom. The maximum Gasteiger partial charge on any atom is 0.397 e. The molecule has 0 aromatic rings. The molecule has 8 N–H and O–H groups in total. The zero-order valence-corrected chi connectivity index (χ0v) is 31.6. The predicted octanol–water partition coefficient (Wildman–Crippen LogP) is -6.78. The molecule has 328 valence electrons. The SMILES string of the molecule is O=S(=O)(O)OC[C@H]1O[C@@H](O[C@]2(COS(=O)(=O)O)O[C@H](COS(=O)(=O)O)[C@@H](OS(=O)(=O)O)[C@H]2OS(=O)(=O)O)[C@H](OS(=O)(=O)O)[C@@H](OS(=O)(=O)O)[C@@H]1OS(=O)(=O)O. The van der Waals surface area contributed by atoms with Gasteiger partial charge in [-0.2, -0.15) is 67.3 Å². The number of rotatable bonds is 21. The third-order valence-corrected chi connectivity index (χ3v) is 9.28. The van der Waals surface area contributed by atoms with E-state index in [1.54, 1.807) is 0 Å². The van der Waals surface area contributed by atoms with Crippen molar-refractivity contribution >= 4 is 83.2 Å². The van der Waals surface area contributed by atoms with Gasteiger partial charge in [0.15, 0.2) is 18.5 Å². The van der Waals surface area contributed by atoms with E-state index in [1.807, 2.05) is 0 Å². The van der Waals surface area contributed by atoms with Crippen molar-refractivity contribution < 1.29 is 151 Å². The van der Waals surface area contributed by atoms with Gasteiger partial charge in [-0.1, -0.05) is 0 Å². The van der Waals surface area contributed by atoms with Crippen LogP contribution >= 0.6 is 0 Å². The van der Waals surface area contributed by atoms with E-state index in [-0.39, 0.29) is 0 Å². The minimum atomic E-state index is -6.24. The second-order valence-electron chi connectivity index (χ2n) is 9.64. The average Bonchev–Trinajstić information content (AvgIpc) is 3.15. The van der Waals surface area contributed by atoms with Gasteiger partial charge in [0, 0.05) is 0 Å². The van der Waals surface area contributed by atoms with Gasteiger partial charge in [0.2, 0.25) is 5.79 Å². The molecular weight excluding hydrogens is 961 g/mol. The summed E-state index contributed by atoms with van der Waals surface area (Å²) >= 11 is 0. The Labute approximate surface area is 308 Å². The summed E-state index contributed by atoms with van der Waals surface area (Å²) in [6.45, 7) is -6.25. The maximum atomic E-state index is 11.9. The Hall–Kier alpha value is -1.16. The number of ether oxygens (including phenoxy) is 3. The van der Waals surface area contributed by atoms with Gasteiger partial charge in [-0.25, -0.2) is 33.5 Å². The van der Waals surface area contributed by atoms with Crippen molar-refractivity contribution in [2.24, 2.45) is 0 Å². The molecule has 2 rings (SSSR count). The van der Waals surface area contributed by atoms with Gasteiger partial charge < -0.3 is 14.2 Å². The van der Waals surface area contributed by atoms with Crippen LogP contribution in [0.3, 0.4) is 0 Å². The molecule has 55 heavy (non-hydrogen) atoms. The van der Waals surface area contributed by atoms with Crippen LogP contribution in [0.15, 0.2) is 0 Å². The van der Waals surface area contributed by atoms with Crippen LogP contribution in [0.25, 0.3) is 0 Å². The predicted molar refractivity (Wildman–Crippen MR) is 152 cm³/mol. The van der Waals surface area contributed by atoms with Crippen molar-refractivity contribution in [1.29, 1.82) is 0 Å². The summed E-state index contributed by atoms with van der Waals surface area (Å²) in [5.41, 5.74) is 0. The second-order valence-corrected chi connectivity index (χ2v) is 18.2. The lowest BCUT2D eigenvalue weighted by atomic mass is 9.99. The topological polar surface area (TPSA) is 536 Å². The van der Waals surface area contributed by atoms with Gasteiger partial charge >= 0.3 is 83.2 Å². The van der Waals surface area contributed by atoms with E-state index in [1.165, 1.54) is 0 Å². The van der Waals surface area contributed by atoms with Gasteiger partial charge in [0.25, 0.3) is 0 Å². The van der Waals surface area contributed by atoms with Crippen molar-refractivity contribution in [2.75, 3.05) is 19.8 Å². The fourth-order valence-corrected chi connectivity index (χ4v) is 7.68. The Morgan fingerprint density at radius 2 is 0.782 bits per heavy atom. The molecule has 2 aliphatic rings. The molecule has 43 heteroatoms. The first-order valence-corrected chi connectivity index (χ1v) is 23.2. The zero-order valence-electron chi connectivity index (χ0n) is 25.1. The van der Waals surface area contributed by atoms with Crippen LogP contribution in [0.5, 0.6) is 0 Å². The summed E-state index contributed by atoms with van der Waals surface area (Å²) in [4.78, 5) is 0. The third kappa shape index (κ3) is 18.1. The average molecular weight is 983 g/mol. The molecule has 0 aromatic carbocycles. The molecule has 2 fully saturated rings. The molecule has 0 amide bonds. The Kier molecular flexibility index (Phi) is 15.6. The van der Waals surface area contributed by atoms with Crippen LogP contribution in [0.4, 0.5) is 0 Å². The first kappa shape index (κ1) is 50.0. The van der Waals surface area contributed by atoms with Crippen molar-refractivity contribution in [3.05, 3.63) is 0 Å². The van der Waals surface area contributed by atoms with Crippen LogP contribution < -0.4 is 0 Å². The lowest BCUT2D eigenvalue weighted by Gasteiger charge is -2.45. The van der Waals surface area contributed by atoms with E-state index in [2.05, 4.69) is 33.5 Å². The van der Waals surface area contributed by atoms with Crippen LogP contribution in [0.1, 0.15) is 0 Å². The van der Waals surface area contributed by atoms with Crippen LogP contribution in [-0.2, 0) is 131 Å². The maximum absolute atomic E-state index is 11.9. The van der Waals surface area contributed by atoms with Crippen LogP contribution in [-0.4, -0.2) is 178 Å². The summed E-state index contributed by atoms with van der Waals surface area (Å²) in [6.07, 6.45) is -26.0. The molecule has 0 unspecified atom stereocenters. The second kappa shape index (κ2) is 17.2. The molecule has 0 aliphatic carbocycles. The zero-order chi connectivity index (χ0) is 43.0. The van der Waals surface area contributed by atoms with Gasteiger partial charge in [-0.3, -0.25) is 36.4 Å². The number of hydrogen-bond donors (Lipinski definition) is 8. The highest BCUT2D eigenvalue weighted by molar-refractivity contribution is 7.82. The first-order chi connectivity index (χ1) is 24.2. The van der Waals surface area contributed by atoms with E-state index in [0.29, 0.717) is 0 Å². The van der Waals surface area contributed by atoms with Gasteiger partial charge in [0.05, 0.1) is 13.2 Å². The summed E-state index contributed by atoms with van der Waals surface area (Å²) in [5.74, 6) is -4.12. The van der Waals surface area contributed by atoms with Crippen molar-refractivity contribution in [3.63, 3.8) is 0 Å². The van der Waals surface area contributed by atoms with E-state index in [0.717, 1.165) is 0 Å². The Bertz CT molecular complexity index is 2280. The Morgan fingerprint density at radius 3 is 1.18 bits per heavy atom. The molecule has 2 heterocycles. The monoisotopic (exact) mass is 982 g/mol. The highest BCUT2D eigenvalue weighted by atomic mass is 32.3. The minimum absolute atomic E-state index is 1.92. The van der Waals surface area contributed by atoms with Crippen LogP contribution in [0, 0.1) is 0 Å². The summed E-state index contributed by atoms with van der Waals surface area (Å²) in [6, 6.07) is 0. The fourth-order valence-electron chi connectivity index (χ4n) is 4.24. The highest BCUT2D eigenvalue weighted by Gasteiger charge is 2.65. The third-order valence-electron chi connectivity index (χ3n) is 5.68. The first-order valence-electron chi connectivity index (χ1n) is 12.3. The largest absolute Gasteiger partial charge is 0.397 e. The normalized spacial score (nSPS) is 30.7. The summed E-state index contributed by atoms with van der Waals surface area (Å²) in [7, 11) is -48.3. The molecule has 0 saturated carbocycles. The molecule has 0 aromatic heterocycles. The molecule has 0 radical (unpaired) electrons. The van der Waals surface area contributed by atoms with E-state index < -0.39 is 158 Å². The van der Waals surface area contributed by atoms with Crippen LogP contribution in [0.2, 0.25) is 0 Å². The fraction of sp³-hybridized carbons (Fsp3) is 1.00. The van der Waals surface area contributed by atoms with E-state index in [9.17, 15) is 94.7 Å². The minimum Gasteiger partial charge on any atom is -0.341 e. The van der Waals surface area contributed by atoms with Crippen molar-refractivity contribution in [3.8, 4) is 0 Å². The van der Waals surface area contributed by atoms with Gasteiger partial charge in [-0.15, -0.1) is 0 Å². The van der Waals surface area contributed by atoms with E-state index in [4.69, 9.17) is 23.3 Å². The van der Waals surface area contributed by atoms with Crippen molar-refractivity contribution in [2.45, 2.75) is 54.8 Å². The quantitative estimate of drug-likeness (QED) is 0.0496. The summed E-state index contributed by atoms with van der Waals surface area (Å²) < 4.78 is 307. The summed E-state index contributed by atoms with van der Waals surface area (Å²) in [5, 5.41) is 0. The van der Waals surface area contributed by atoms with Crippen molar-refractivity contribution in [1.82, 2.24) is 0 Å². The molecule has 0 spiro atoms. The lowest BCUT2D eigenvalue weighted by Crippen LogP contribution is -2.65. The highest BCUT2D eigenvalue weighted by Crippen LogP contribution is 2.42. The molecule has 9 atom stereocenters. The Balaban J connectivity index is 3.07. The molecule has 0 bridgehead atoms. The lowest BCUT2D eigenvalue weighted by molar-refractivity contribution is -0.374. The molecule has 2 aliphatic heterocycles. The number of hydrogen-bond acceptors (Lipinski definition) is 27. The molecule has 35 nitrogen and oxygen atoms in total. The smallest absolute Gasteiger partial charge is 0.341 e. The standard InChI is InChI=1S/C12H22O35S8/c13-48(14,15)37-1-4-6(43-51(22,23)24)8(45-53(28,29)30)9(46-54(31,32)33)11(40-4)42-12(3-39-50(19,20)21)10(47-55(34,35)36)7(44-52(25,26)27)5(41-12)2-38-49(16,17)18/h4-11H,1-3H2,(H,13,14,15)(H,16,17,18)(H,19,20,21)(H,22,23,24)(H,25,26,27)(H,28,29,30)(H,31,32,33)(H,34,35,36)/t4-,5-,6-,7-,8+,9-,10-,11+,12+/m1/s1. The van der Waals surface area contributed by atoms with Gasteiger partial charge in [0.1, 0.15) is 37.1 Å².